The topological polar surface area (TPSA) is 54.2 Å². The van der Waals surface area contributed by atoms with E-state index in [1.54, 1.807) is 11.3 Å². The van der Waals surface area contributed by atoms with Gasteiger partial charge in [-0.3, -0.25) is 4.90 Å². The fourth-order valence-electron chi connectivity index (χ4n) is 2.45. The van der Waals surface area contributed by atoms with Gasteiger partial charge >= 0.3 is 0 Å². The molecule has 0 unspecified atom stereocenters. The summed E-state index contributed by atoms with van der Waals surface area (Å²) in [5.74, 6) is 6.37. The molecule has 4 nitrogen and oxygen atoms in total. The van der Waals surface area contributed by atoms with Crippen LogP contribution in [0, 0.1) is 0 Å². The molecule has 3 aromatic rings. The van der Waals surface area contributed by atoms with Crippen LogP contribution < -0.4 is 11.3 Å². The number of pyridine rings is 1. The number of nitrogens with two attached hydrogens (primary N) is 1. The number of benzene rings is 1. The fraction of sp³-hybridized carbons (Fsp3) is 0.188. The minimum atomic E-state index is 0.742. The first-order valence-electron chi connectivity index (χ1n) is 6.81. The molecule has 0 atom stereocenters. The molecular weight excluding hydrogens is 280 g/mol. The summed E-state index contributed by atoms with van der Waals surface area (Å²) in [7, 11) is 2.10. The van der Waals surface area contributed by atoms with Gasteiger partial charge in [0.25, 0.3) is 0 Å². The lowest BCUT2D eigenvalue weighted by Gasteiger charge is -2.18. The number of nitrogens with zero attached hydrogens (tertiary/aromatic N) is 2. The van der Waals surface area contributed by atoms with E-state index >= 15 is 0 Å². The van der Waals surface area contributed by atoms with E-state index in [2.05, 4.69) is 51.3 Å². The summed E-state index contributed by atoms with van der Waals surface area (Å²) in [5, 5.41) is 5.42. The molecule has 0 aliphatic rings. The molecule has 0 fully saturated rings. The van der Waals surface area contributed by atoms with E-state index in [4.69, 9.17) is 5.84 Å². The average molecular weight is 298 g/mol. The van der Waals surface area contributed by atoms with Crippen LogP contribution in [0.3, 0.4) is 0 Å². The third kappa shape index (κ3) is 3.21. The van der Waals surface area contributed by atoms with Gasteiger partial charge in [-0.2, -0.15) is 11.3 Å². The molecule has 0 radical (unpaired) electrons. The molecule has 0 aliphatic heterocycles. The molecular formula is C16H18N4S. The Morgan fingerprint density at radius 1 is 1.24 bits per heavy atom. The van der Waals surface area contributed by atoms with Crippen molar-refractivity contribution >= 4 is 28.1 Å². The number of anilines is 1. The molecule has 1 aromatic carbocycles. The molecule has 2 heterocycles. The summed E-state index contributed by atoms with van der Waals surface area (Å²) in [5.41, 5.74) is 6.11. The summed E-state index contributed by atoms with van der Waals surface area (Å²) in [6, 6.07) is 12.4. The molecule has 0 bridgehead atoms. The summed E-state index contributed by atoms with van der Waals surface area (Å²) in [4.78, 5) is 6.84. The lowest BCUT2D eigenvalue weighted by molar-refractivity contribution is 0.320. The van der Waals surface area contributed by atoms with E-state index in [9.17, 15) is 0 Å². The number of para-hydroxylation sites is 1. The maximum Gasteiger partial charge on any atom is 0.145 e. The van der Waals surface area contributed by atoms with Crippen molar-refractivity contribution in [2.24, 2.45) is 5.84 Å². The molecule has 0 saturated heterocycles. The van der Waals surface area contributed by atoms with Crippen molar-refractivity contribution in [1.82, 2.24) is 9.88 Å². The Kier molecular flexibility index (Phi) is 4.15. The van der Waals surface area contributed by atoms with Gasteiger partial charge in [0, 0.05) is 24.0 Å². The van der Waals surface area contributed by atoms with Crippen LogP contribution in [-0.2, 0) is 13.1 Å². The number of hydrazine groups is 1. The molecule has 108 valence electrons. The summed E-state index contributed by atoms with van der Waals surface area (Å²) < 4.78 is 0. The second-order valence-corrected chi connectivity index (χ2v) is 5.92. The lowest BCUT2D eigenvalue weighted by atomic mass is 10.1. The number of thiophene rings is 1. The van der Waals surface area contributed by atoms with Crippen LogP contribution in [0.5, 0.6) is 0 Å². The highest BCUT2D eigenvalue weighted by Gasteiger charge is 2.09. The zero-order chi connectivity index (χ0) is 14.7. The van der Waals surface area contributed by atoms with Crippen LogP contribution in [0.2, 0.25) is 0 Å². The first-order valence-corrected chi connectivity index (χ1v) is 7.75. The highest BCUT2D eigenvalue weighted by Crippen LogP contribution is 2.21. The Bertz CT molecular complexity index is 724. The molecule has 3 N–H and O–H groups in total. The van der Waals surface area contributed by atoms with Crippen LogP contribution in [0.1, 0.15) is 11.1 Å². The third-order valence-electron chi connectivity index (χ3n) is 3.41. The Morgan fingerprint density at radius 2 is 2.10 bits per heavy atom. The van der Waals surface area contributed by atoms with Crippen LogP contribution >= 0.6 is 11.3 Å². The van der Waals surface area contributed by atoms with Crippen molar-refractivity contribution in [3.05, 3.63) is 58.3 Å². The number of fused-ring (bicyclic) bond motifs is 1. The monoisotopic (exact) mass is 298 g/mol. The number of rotatable bonds is 5. The minimum absolute atomic E-state index is 0.742. The van der Waals surface area contributed by atoms with Gasteiger partial charge in [0.05, 0.1) is 5.52 Å². The standard InChI is InChI=1S/C16H18N4S/c1-20(9-12-6-7-21-11-12)10-14-8-13-4-2-3-5-15(13)18-16(14)19-17/h2-8,11H,9-10,17H2,1H3,(H,18,19). The SMILES string of the molecule is CN(Cc1ccsc1)Cc1cc2ccccc2nc1NN. The van der Waals surface area contributed by atoms with Crippen molar-refractivity contribution < 1.29 is 0 Å². The van der Waals surface area contributed by atoms with E-state index < -0.39 is 0 Å². The van der Waals surface area contributed by atoms with Crippen molar-refractivity contribution in [1.29, 1.82) is 0 Å². The summed E-state index contributed by atoms with van der Waals surface area (Å²) in [6.45, 7) is 1.72. The Balaban J connectivity index is 1.84. The number of nitrogens with one attached hydrogen (secondary N) is 1. The predicted molar refractivity (Wildman–Crippen MR) is 89.0 cm³/mol. The number of hydrogen-bond donors (Lipinski definition) is 2. The Morgan fingerprint density at radius 3 is 2.86 bits per heavy atom. The second-order valence-electron chi connectivity index (χ2n) is 5.14. The van der Waals surface area contributed by atoms with Crippen molar-refractivity contribution in [3.8, 4) is 0 Å². The van der Waals surface area contributed by atoms with Crippen LogP contribution in [-0.4, -0.2) is 16.9 Å². The minimum Gasteiger partial charge on any atom is -0.308 e. The predicted octanol–water partition coefficient (Wildman–Crippen LogP) is 3.21. The van der Waals surface area contributed by atoms with Crippen LogP contribution in [0.4, 0.5) is 5.82 Å². The van der Waals surface area contributed by atoms with E-state index in [1.165, 1.54) is 5.56 Å². The highest BCUT2D eigenvalue weighted by atomic mass is 32.1. The van der Waals surface area contributed by atoms with Gasteiger partial charge in [0.1, 0.15) is 5.82 Å². The third-order valence-corrected chi connectivity index (χ3v) is 4.14. The van der Waals surface area contributed by atoms with Gasteiger partial charge in [0.15, 0.2) is 0 Å². The van der Waals surface area contributed by atoms with E-state index in [-0.39, 0.29) is 0 Å². The van der Waals surface area contributed by atoms with Gasteiger partial charge in [-0.05, 0) is 41.6 Å². The van der Waals surface area contributed by atoms with Gasteiger partial charge in [-0.15, -0.1) is 0 Å². The van der Waals surface area contributed by atoms with Gasteiger partial charge in [-0.25, -0.2) is 10.8 Å². The lowest BCUT2D eigenvalue weighted by Crippen LogP contribution is -2.19. The van der Waals surface area contributed by atoms with Gasteiger partial charge in [0.2, 0.25) is 0 Å². The maximum atomic E-state index is 5.62. The molecule has 3 rings (SSSR count). The highest BCUT2D eigenvalue weighted by molar-refractivity contribution is 7.07. The molecule has 0 aliphatic carbocycles. The first kappa shape index (κ1) is 14.0. The summed E-state index contributed by atoms with van der Waals surface area (Å²) >= 11 is 1.73. The molecule has 0 amide bonds. The smallest absolute Gasteiger partial charge is 0.145 e. The number of aromatic nitrogens is 1. The Hall–Kier alpha value is -1.95. The quantitative estimate of drug-likeness (QED) is 0.561. The average Bonchev–Trinajstić information content (AvgIpc) is 2.99. The van der Waals surface area contributed by atoms with E-state index in [0.29, 0.717) is 0 Å². The molecule has 2 aromatic heterocycles. The van der Waals surface area contributed by atoms with Crippen molar-refractivity contribution in [2.45, 2.75) is 13.1 Å². The van der Waals surface area contributed by atoms with E-state index in [0.717, 1.165) is 35.4 Å². The second kappa shape index (κ2) is 6.22. The van der Waals surface area contributed by atoms with Crippen LogP contribution in [0.25, 0.3) is 10.9 Å². The molecule has 5 heteroatoms. The molecule has 0 saturated carbocycles. The van der Waals surface area contributed by atoms with E-state index in [1.807, 2.05) is 18.2 Å². The van der Waals surface area contributed by atoms with Gasteiger partial charge < -0.3 is 5.43 Å². The Labute approximate surface area is 128 Å². The maximum absolute atomic E-state index is 5.62. The zero-order valence-electron chi connectivity index (χ0n) is 11.9. The largest absolute Gasteiger partial charge is 0.308 e. The number of nitrogen functional groups attached to an aromatic ring is 1. The fourth-order valence-corrected chi connectivity index (χ4v) is 3.11. The first-order chi connectivity index (χ1) is 10.3. The van der Waals surface area contributed by atoms with Crippen LogP contribution in [0.15, 0.2) is 47.2 Å². The molecule has 0 spiro atoms. The van der Waals surface area contributed by atoms with Gasteiger partial charge in [-0.1, -0.05) is 18.2 Å². The summed E-state index contributed by atoms with van der Waals surface area (Å²) in [6.07, 6.45) is 0. The zero-order valence-corrected chi connectivity index (χ0v) is 12.7. The van der Waals surface area contributed by atoms with Crippen molar-refractivity contribution in [2.75, 3.05) is 12.5 Å². The van der Waals surface area contributed by atoms with Crippen molar-refractivity contribution in [3.63, 3.8) is 0 Å². The normalized spacial score (nSPS) is 11.2. The molecule has 21 heavy (non-hydrogen) atoms. The number of hydrogen-bond acceptors (Lipinski definition) is 5.